The third-order valence-corrected chi connectivity index (χ3v) is 2.96. The summed E-state index contributed by atoms with van der Waals surface area (Å²) in [7, 11) is 0. The molecule has 104 valence electrons. The van der Waals surface area contributed by atoms with Crippen LogP contribution in [0.4, 0.5) is 4.79 Å². The van der Waals surface area contributed by atoms with Crippen LogP contribution in [-0.4, -0.2) is 35.2 Å². The van der Waals surface area contributed by atoms with Gasteiger partial charge in [0.2, 0.25) is 0 Å². The molecule has 0 aliphatic rings. The summed E-state index contributed by atoms with van der Waals surface area (Å²) in [4.78, 5) is 24.9. The zero-order chi connectivity index (χ0) is 14.4. The van der Waals surface area contributed by atoms with Crippen molar-refractivity contribution >= 4 is 12.1 Å². The van der Waals surface area contributed by atoms with Crippen molar-refractivity contribution in [1.82, 2.24) is 4.90 Å². The molecule has 1 N–H and O–H groups in total. The molecule has 0 aromatic heterocycles. The number of benzene rings is 1. The monoisotopic (exact) mass is 265 g/mol. The Labute approximate surface area is 112 Å². The van der Waals surface area contributed by atoms with E-state index in [-0.39, 0.29) is 5.75 Å². The Morgan fingerprint density at radius 2 is 1.74 bits per heavy atom. The van der Waals surface area contributed by atoms with Crippen molar-refractivity contribution in [3.63, 3.8) is 0 Å². The van der Waals surface area contributed by atoms with Crippen molar-refractivity contribution in [3.05, 3.63) is 29.8 Å². The van der Waals surface area contributed by atoms with Crippen LogP contribution in [0.2, 0.25) is 0 Å². The summed E-state index contributed by atoms with van der Waals surface area (Å²) in [5.41, 5.74) is 0.690. The summed E-state index contributed by atoms with van der Waals surface area (Å²) in [5, 5.41) is 9.18. The van der Waals surface area contributed by atoms with E-state index in [4.69, 9.17) is 4.74 Å². The molecule has 1 atom stereocenters. The summed E-state index contributed by atoms with van der Waals surface area (Å²) in [6.45, 7) is 6.29. The lowest BCUT2D eigenvalue weighted by molar-refractivity contribution is -0.139. The first-order chi connectivity index (χ1) is 8.99. The highest BCUT2D eigenvalue weighted by molar-refractivity contribution is 5.88. The first kappa shape index (κ1) is 15.0. The molecule has 1 aromatic rings. The maximum Gasteiger partial charge on any atom is 0.417 e. The Balaban J connectivity index is 2.67. The fourth-order valence-electron chi connectivity index (χ4n) is 1.62. The molecule has 0 unspecified atom stereocenters. The third-order valence-electron chi connectivity index (χ3n) is 2.96. The molecule has 0 aliphatic heterocycles. The van der Waals surface area contributed by atoms with Crippen LogP contribution in [0.1, 0.15) is 32.3 Å². The van der Waals surface area contributed by atoms with Gasteiger partial charge in [-0.3, -0.25) is 4.79 Å². The van der Waals surface area contributed by atoms with E-state index in [1.807, 2.05) is 13.8 Å². The SMILES string of the molecule is CCN(CC)C(=O)OC(=O)[C@@H](C)c1ccc(O)cc1. The first-order valence-corrected chi connectivity index (χ1v) is 6.29. The van der Waals surface area contributed by atoms with Crippen LogP contribution in [0.25, 0.3) is 0 Å². The van der Waals surface area contributed by atoms with Crippen LogP contribution in [0, 0.1) is 0 Å². The van der Waals surface area contributed by atoms with E-state index in [1.165, 1.54) is 17.0 Å². The summed E-state index contributed by atoms with van der Waals surface area (Å²) in [6, 6.07) is 6.24. The standard InChI is InChI=1S/C14H19NO4/c1-4-15(5-2)14(18)19-13(17)10(3)11-6-8-12(16)9-7-11/h6-10,16H,4-5H2,1-3H3/t10-/m0/s1. The number of nitrogens with zero attached hydrogens (tertiary/aromatic N) is 1. The molecule has 5 heteroatoms. The molecule has 1 amide bonds. The minimum Gasteiger partial charge on any atom is -0.508 e. The second-order valence-electron chi connectivity index (χ2n) is 4.17. The van der Waals surface area contributed by atoms with Crippen molar-refractivity contribution < 1.29 is 19.4 Å². The minimum atomic E-state index is -0.624. The average molecular weight is 265 g/mol. The lowest BCUT2D eigenvalue weighted by Crippen LogP contribution is -2.33. The van der Waals surface area contributed by atoms with Crippen molar-refractivity contribution in [3.8, 4) is 5.75 Å². The number of esters is 1. The van der Waals surface area contributed by atoms with Crippen molar-refractivity contribution in [2.45, 2.75) is 26.7 Å². The van der Waals surface area contributed by atoms with Crippen LogP contribution in [0.5, 0.6) is 5.75 Å². The molecular formula is C14H19NO4. The van der Waals surface area contributed by atoms with Crippen LogP contribution >= 0.6 is 0 Å². The highest BCUT2D eigenvalue weighted by atomic mass is 16.6. The molecule has 0 saturated carbocycles. The number of ether oxygens (including phenoxy) is 1. The van der Waals surface area contributed by atoms with E-state index in [0.29, 0.717) is 18.7 Å². The van der Waals surface area contributed by atoms with Crippen LogP contribution in [0.3, 0.4) is 0 Å². The number of aromatic hydroxyl groups is 1. The zero-order valence-corrected chi connectivity index (χ0v) is 11.4. The van der Waals surface area contributed by atoms with Crippen LogP contribution in [-0.2, 0) is 9.53 Å². The number of carbonyl (C=O) groups is 2. The molecule has 5 nitrogen and oxygen atoms in total. The van der Waals surface area contributed by atoms with Gasteiger partial charge in [0, 0.05) is 13.1 Å². The second kappa shape index (κ2) is 6.78. The largest absolute Gasteiger partial charge is 0.508 e. The highest BCUT2D eigenvalue weighted by Gasteiger charge is 2.22. The molecule has 0 aliphatic carbocycles. The number of rotatable bonds is 4. The van der Waals surface area contributed by atoms with E-state index in [9.17, 15) is 14.7 Å². The molecule has 0 spiro atoms. The zero-order valence-electron chi connectivity index (χ0n) is 11.4. The average Bonchev–Trinajstić information content (AvgIpc) is 2.40. The molecule has 0 bridgehead atoms. The molecule has 0 saturated heterocycles. The minimum absolute atomic E-state index is 0.128. The number of hydrogen-bond acceptors (Lipinski definition) is 4. The Morgan fingerprint density at radius 1 is 1.21 bits per heavy atom. The molecule has 1 aromatic carbocycles. The van der Waals surface area contributed by atoms with Crippen LogP contribution in [0.15, 0.2) is 24.3 Å². The first-order valence-electron chi connectivity index (χ1n) is 6.29. The number of phenolic OH excluding ortho intramolecular Hbond substituents is 1. The summed E-state index contributed by atoms with van der Waals surface area (Å²) >= 11 is 0. The van der Waals surface area contributed by atoms with Gasteiger partial charge < -0.3 is 14.7 Å². The van der Waals surface area contributed by atoms with Gasteiger partial charge in [-0.05, 0) is 38.5 Å². The second-order valence-corrected chi connectivity index (χ2v) is 4.17. The van der Waals surface area contributed by atoms with E-state index in [2.05, 4.69) is 0 Å². The number of amides is 1. The molecule has 0 heterocycles. The topological polar surface area (TPSA) is 66.8 Å². The van der Waals surface area contributed by atoms with Crippen molar-refractivity contribution in [2.75, 3.05) is 13.1 Å². The van der Waals surface area contributed by atoms with Crippen LogP contribution < -0.4 is 0 Å². The van der Waals surface area contributed by atoms with Gasteiger partial charge in [-0.1, -0.05) is 12.1 Å². The summed E-state index contributed by atoms with van der Waals surface area (Å²) in [6.07, 6.45) is -0.624. The Hall–Kier alpha value is -2.04. The van der Waals surface area contributed by atoms with E-state index in [1.54, 1.807) is 19.1 Å². The molecular weight excluding hydrogens is 246 g/mol. The number of carbonyl (C=O) groups excluding carboxylic acids is 2. The highest BCUT2D eigenvalue weighted by Crippen LogP contribution is 2.20. The maximum atomic E-state index is 11.8. The predicted molar refractivity (Wildman–Crippen MR) is 70.9 cm³/mol. The quantitative estimate of drug-likeness (QED) is 0.671. The lowest BCUT2D eigenvalue weighted by atomic mass is 10.0. The normalized spacial score (nSPS) is 11.7. The lowest BCUT2D eigenvalue weighted by Gasteiger charge is -2.18. The molecule has 0 radical (unpaired) electrons. The Kier molecular flexibility index (Phi) is 5.36. The van der Waals surface area contributed by atoms with Crippen molar-refractivity contribution in [2.24, 2.45) is 0 Å². The smallest absolute Gasteiger partial charge is 0.417 e. The molecule has 19 heavy (non-hydrogen) atoms. The van der Waals surface area contributed by atoms with Gasteiger partial charge in [0.05, 0.1) is 5.92 Å². The molecule has 0 fully saturated rings. The fraction of sp³-hybridized carbons (Fsp3) is 0.429. The number of hydrogen-bond donors (Lipinski definition) is 1. The Morgan fingerprint density at radius 3 is 2.21 bits per heavy atom. The summed E-state index contributed by atoms with van der Waals surface area (Å²) < 4.78 is 4.83. The molecule has 1 rings (SSSR count). The predicted octanol–water partition coefficient (Wildman–Crippen LogP) is 2.50. The van der Waals surface area contributed by atoms with E-state index >= 15 is 0 Å². The Bertz CT molecular complexity index is 437. The van der Waals surface area contributed by atoms with Gasteiger partial charge in [-0.2, -0.15) is 0 Å². The third kappa shape index (κ3) is 3.98. The van der Waals surface area contributed by atoms with Gasteiger partial charge in [0.1, 0.15) is 5.75 Å². The van der Waals surface area contributed by atoms with E-state index < -0.39 is 18.0 Å². The van der Waals surface area contributed by atoms with Gasteiger partial charge in [0.25, 0.3) is 0 Å². The maximum absolute atomic E-state index is 11.8. The van der Waals surface area contributed by atoms with Gasteiger partial charge >= 0.3 is 12.1 Å². The van der Waals surface area contributed by atoms with Gasteiger partial charge in [-0.15, -0.1) is 0 Å². The van der Waals surface area contributed by atoms with Gasteiger partial charge in [-0.25, -0.2) is 4.79 Å². The summed E-state index contributed by atoms with van der Waals surface area (Å²) in [5.74, 6) is -1.02. The fourth-order valence-corrected chi connectivity index (χ4v) is 1.62. The van der Waals surface area contributed by atoms with Crippen molar-refractivity contribution in [1.29, 1.82) is 0 Å². The number of phenols is 1. The van der Waals surface area contributed by atoms with E-state index in [0.717, 1.165) is 0 Å². The van der Waals surface area contributed by atoms with Gasteiger partial charge in [0.15, 0.2) is 0 Å².